The zero-order chi connectivity index (χ0) is 13.1. The van der Waals surface area contributed by atoms with Crippen molar-refractivity contribution in [3.05, 3.63) is 77.6 Å². The zero-order valence-electron chi connectivity index (χ0n) is 10.7. The molecule has 94 valence electrons. The molecule has 0 aliphatic carbocycles. The van der Waals surface area contributed by atoms with Crippen LogP contribution >= 0.6 is 0 Å². The largest absolute Gasteiger partial charge is 0.325 e. The van der Waals surface area contributed by atoms with Crippen LogP contribution in [0.1, 0.15) is 16.8 Å². The minimum absolute atomic E-state index is 0.479. The Morgan fingerprint density at radius 2 is 1.63 bits per heavy atom. The molecule has 3 aromatic rings. The van der Waals surface area contributed by atoms with E-state index in [9.17, 15) is 0 Å². The topological polar surface area (TPSA) is 38.9 Å². The van der Waals surface area contributed by atoms with Crippen LogP contribution < -0.4 is 5.73 Å². The van der Waals surface area contributed by atoms with E-state index < -0.39 is 0 Å². The number of nitrogens with zero attached hydrogens (tertiary/aromatic N) is 1. The van der Waals surface area contributed by atoms with Crippen LogP contribution in [0.5, 0.6) is 0 Å². The van der Waals surface area contributed by atoms with Gasteiger partial charge in [0, 0.05) is 18.1 Å². The van der Waals surface area contributed by atoms with Gasteiger partial charge in [-0.25, -0.2) is 0 Å². The molecule has 0 saturated carbocycles. The Labute approximate surface area is 112 Å². The van der Waals surface area contributed by atoms with Crippen molar-refractivity contribution in [1.82, 2.24) is 4.98 Å². The highest BCUT2D eigenvalue weighted by Crippen LogP contribution is 2.23. The summed E-state index contributed by atoms with van der Waals surface area (Å²) in [6, 6.07) is 18.8. The van der Waals surface area contributed by atoms with Crippen molar-refractivity contribution in [3.63, 3.8) is 0 Å². The third-order valence-corrected chi connectivity index (χ3v) is 3.41. The van der Waals surface area contributed by atoms with Gasteiger partial charge in [0.25, 0.3) is 0 Å². The fourth-order valence-electron chi connectivity index (χ4n) is 2.44. The van der Waals surface area contributed by atoms with E-state index in [2.05, 4.69) is 47.4 Å². The first kappa shape index (κ1) is 11.9. The zero-order valence-corrected chi connectivity index (χ0v) is 10.7. The molecule has 0 saturated heterocycles. The second-order valence-electron chi connectivity index (χ2n) is 4.64. The van der Waals surface area contributed by atoms with Crippen LogP contribution in [0.25, 0.3) is 10.8 Å². The highest BCUT2D eigenvalue weighted by Gasteiger charge is 2.08. The predicted molar refractivity (Wildman–Crippen MR) is 78.9 cm³/mol. The summed E-state index contributed by atoms with van der Waals surface area (Å²) in [4.78, 5) is 4.50. The summed E-state index contributed by atoms with van der Waals surface area (Å²) in [7, 11) is 0. The van der Waals surface area contributed by atoms with E-state index in [1.165, 1.54) is 21.9 Å². The molecular formula is C17H16N2. The van der Waals surface area contributed by atoms with E-state index in [1.54, 1.807) is 0 Å². The van der Waals surface area contributed by atoms with Crippen molar-refractivity contribution in [1.29, 1.82) is 0 Å². The van der Waals surface area contributed by atoms with Crippen molar-refractivity contribution < 1.29 is 0 Å². The minimum Gasteiger partial charge on any atom is -0.325 e. The molecule has 0 aliphatic rings. The predicted octanol–water partition coefficient (Wildman–Crippen LogP) is 3.28. The van der Waals surface area contributed by atoms with Crippen LogP contribution in [0, 0.1) is 0 Å². The number of rotatable bonds is 3. The molecule has 2 N–H and O–H groups in total. The van der Waals surface area contributed by atoms with Gasteiger partial charge in [0.15, 0.2) is 0 Å². The Balaban J connectivity index is 2.15. The molecule has 19 heavy (non-hydrogen) atoms. The summed E-state index contributed by atoms with van der Waals surface area (Å²) in [5.74, 6) is 0. The molecule has 0 atom stereocenters. The number of aromatic nitrogens is 1. The fourth-order valence-corrected chi connectivity index (χ4v) is 2.44. The van der Waals surface area contributed by atoms with Crippen LogP contribution in [0.3, 0.4) is 0 Å². The Hall–Kier alpha value is -2.19. The summed E-state index contributed by atoms with van der Waals surface area (Å²) in [6.07, 6.45) is 2.79. The van der Waals surface area contributed by atoms with Gasteiger partial charge in [-0.1, -0.05) is 54.6 Å². The van der Waals surface area contributed by atoms with E-state index in [-0.39, 0.29) is 0 Å². The first-order chi connectivity index (χ1) is 9.38. The standard InChI is InChI=1S/C17H16N2/c18-11-17-16(10-13-6-2-1-3-7-13)15-9-5-4-8-14(15)12-19-17/h1-9,12H,10-11,18H2. The van der Waals surface area contributed by atoms with Gasteiger partial charge in [0.2, 0.25) is 0 Å². The summed E-state index contributed by atoms with van der Waals surface area (Å²) >= 11 is 0. The van der Waals surface area contributed by atoms with E-state index in [1.807, 2.05) is 18.3 Å². The van der Waals surface area contributed by atoms with E-state index in [0.29, 0.717) is 6.54 Å². The molecule has 1 aromatic heterocycles. The monoisotopic (exact) mass is 248 g/mol. The van der Waals surface area contributed by atoms with Gasteiger partial charge in [0.1, 0.15) is 0 Å². The smallest absolute Gasteiger partial charge is 0.0581 e. The second-order valence-corrected chi connectivity index (χ2v) is 4.64. The average Bonchev–Trinajstić information content (AvgIpc) is 2.49. The highest BCUT2D eigenvalue weighted by molar-refractivity contribution is 5.85. The summed E-state index contributed by atoms with van der Waals surface area (Å²) in [5.41, 5.74) is 9.35. The van der Waals surface area contributed by atoms with Crippen LogP contribution in [0.2, 0.25) is 0 Å². The number of nitrogens with two attached hydrogens (primary N) is 1. The SMILES string of the molecule is NCc1ncc2ccccc2c1Cc1ccccc1. The Morgan fingerprint density at radius 1 is 0.895 bits per heavy atom. The molecule has 1 heterocycles. The molecule has 0 amide bonds. The molecule has 0 unspecified atom stereocenters. The molecule has 2 heteroatoms. The van der Waals surface area contributed by atoms with Gasteiger partial charge >= 0.3 is 0 Å². The van der Waals surface area contributed by atoms with Gasteiger partial charge < -0.3 is 5.73 Å². The van der Waals surface area contributed by atoms with Crippen LogP contribution in [-0.4, -0.2) is 4.98 Å². The van der Waals surface area contributed by atoms with Crippen molar-refractivity contribution in [2.45, 2.75) is 13.0 Å². The third-order valence-electron chi connectivity index (χ3n) is 3.41. The molecule has 0 spiro atoms. The maximum Gasteiger partial charge on any atom is 0.0581 e. The Kier molecular flexibility index (Phi) is 3.25. The first-order valence-corrected chi connectivity index (χ1v) is 6.48. The van der Waals surface area contributed by atoms with Crippen molar-refractivity contribution in [2.24, 2.45) is 5.73 Å². The van der Waals surface area contributed by atoms with Crippen molar-refractivity contribution in [2.75, 3.05) is 0 Å². The molecule has 2 aromatic carbocycles. The number of hydrogen-bond acceptors (Lipinski definition) is 2. The number of fused-ring (bicyclic) bond motifs is 1. The number of pyridine rings is 1. The van der Waals surface area contributed by atoms with Crippen molar-refractivity contribution >= 4 is 10.8 Å². The first-order valence-electron chi connectivity index (χ1n) is 6.48. The lowest BCUT2D eigenvalue weighted by Crippen LogP contribution is -2.05. The van der Waals surface area contributed by atoms with E-state index >= 15 is 0 Å². The van der Waals surface area contributed by atoms with Crippen molar-refractivity contribution in [3.8, 4) is 0 Å². The van der Waals surface area contributed by atoms with E-state index in [4.69, 9.17) is 5.73 Å². The lowest BCUT2D eigenvalue weighted by molar-refractivity contribution is 0.958. The van der Waals surface area contributed by atoms with Gasteiger partial charge in [0.05, 0.1) is 5.69 Å². The Bertz CT molecular complexity index is 690. The lowest BCUT2D eigenvalue weighted by atomic mass is 9.98. The molecular weight excluding hydrogens is 232 g/mol. The lowest BCUT2D eigenvalue weighted by Gasteiger charge is -2.11. The third kappa shape index (κ3) is 2.35. The molecule has 2 nitrogen and oxygen atoms in total. The summed E-state index contributed by atoms with van der Waals surface area (Å²) < 4.78 is 0. The number of benzene rings is 2. The highest BCUT2D eigenvalue weighted by atomic mass is 14.7. The summed E-state index contributed by atoms with van der Waals surface area (Å²) in [5, 5.41) is 2.42. The van der Waals surface area contributed by atoms with Gasteiger partial charge in [-0.05, 0) is 22.9 Å². The Morgan fingerprint density at radius 3 is 2.42 bits per heavy atom. The molecule has 3 rings (SSSR count). The molecule has 0 aliphatic heterocycles. The normalized spacial score (nSPS) is 10.8. The van der Waals surface area contributed by atoms with Gasteiger partial charge in [-0.15, -0.1) is 0 Å². The average molecular weight is 248 g/mol. The number of hydrogen-bond donors (Lipinski definition) is 1. The quantitative estimate of drug-likeness (QED) is 0.772. The minimum atomic E-state index is 0.479. The van der Waals surface area contributed by atoms with Gasteiger partial charge in [-0.2, -0.15) is 0 Å². The molecule has 0 fully saturated rings. The van der Waals surface area contributed by atoms with E-state index in [0.717, 1.165) is 12.1 Å². The molecule has 0 bridgehead atoms. The van der Waals surface area contributed by atoms with Gasteiger partial charge in [-0.3, -0.25) is 4.98 Å². The second kappa shape index (κ2) is 5.21. The fraction of sp³-hybridized carbons (Fsp3) is 0.118. The van der Waals surface area contributed by atoms with Crippen LogP contribution in [0.4, 0.5) is 0 Å². The van der Waals surface area contributed by atoms with Crippen LogP contribution in [-0.2, 0) is 13.0 Å². The summed E-state index contributed by atoms with van der Waals surface area (Å²) in [6.45, 7) is 0.479. The van der Waals surface area contributed by atoms with Crippen LogP contribution in [0.15, 0.2) is 60.8 Å². The maximum atomic E-state index is 5.83. The molecule has 0 radical (unpaired) electrons. The maximum absolute atomic E-state index is 5.83.